The Kier molecular flexibility index (Phi) is 5.14. The summed E-state index contributed by atoms with van der Waals surface area (Å²) in [5.41, 5.74) is 2.57. The molecule has 3 aromatic rings. The number of thiophene rings is 1. The lowest BCUT2D eigenvalue weighted by molar-refractivity contribution is 0.251. The van der Waals surface area contributed by atoms with Gasteiger partial charge in [-0.3, -0.25) is 0 Å². The minimum atomic E-state index is -0.228. The fourth-order valence-corrected chi connectivity index (χ4v) is 3.08. The van der Waals surface area contributed by atoms with Gasteiger partial charge in [0.15, 0.2) is 0 Å². The van der Waals surface area contributed by atoms with Gasteiger partial charge in [-0.2, -0.15) is 4.98 Å². The van der Waals surface area contributed by atoms with Crippen molar-refractivity contribution >= 4 is 23.1 Å². The van der Waals surface area contributed by atoms with Crippen LogP contribution in [0.15, 0.2) is 40.2 Å². The van der Waals surface area contributed by atoms with Crippen molar-refractivity contribution in [2.24, 2.45) is 5.92 Å². The Morgan fingerprint density at radius 2 is 2.16 bits per heavy atom. The van der Waals surface area contributed by atoms with Gasteiger partial charge in [-0.05, 0) is 42.0 Å². The van der Waals surface area contributed by atoms with Crippen LogP contribution in [-0.4, -0.2) is 22.7 Å². The van der Waals surface area contributed by atoms with Gasteiger partial charge in [0.25, 0.3) is 5.89 Å². The van der Waals surface area contributed by atoms with Gasteiger partial charge in [-0.1, -0.05) is 31.1 Å². The van der Waals surface area contributed by atoms with Gasteiger partial charge in [-0.25, -0.2) is 4.79 Å². The van der Waals surface area contributed by atoms with Gasteiger partial charge in [0.05, 0.1) is 4.88 Å². The number of carbonyl (C=O) groups is 1. The lowest BCUT2D eigenvalue weighted by Crippen LogP contribution is -2.31. The number of nitrogens with zero attached hydrogens (tertiary/aromatic N) is 2. The lowest BCUT2D eigenvalue weighted by atomic mass is 10.2. The Labute approximate surface area is 150 Å². The molecule has 0 spiro atoms. The van der Waals surface area contributed by atoms with Crippen molar-refractivity contribution in [3.8, 4) is 22.2 Å². The predicted molar refractivity (Wildman–Crippen MR) is 99.6 cm³/mol. The van der Waals surface area contributed by atoms with Crippen LogP contribution in [0.5, 0.6) is 0 Å². The number of hydrogen-bond acceptors (Lipinski definition) is 5. The highest BCUT2D eigenvalue weighted by atomic mass is 32.1. The van der Waals surface area contributed by atoms with E-state index in [0.29, 0.717) is 29.9 Å². The Morgan fingerprint density at radius 3 is 2.88 bits per heavy atom. The summed E-state index contributed by atoms with van der Waals surface area (Å²) in [6, 6.07) is 9.17. The molecule has 0 saturated carbocycles. The minimum Gasteiger partial charge on any atom is -0.338 e. The van der Waals surface area contributed by atoms with Crippen LogP contribution in [-0.2, 0) is 0 Å². The van der Waals surface area contributed by atoms with Crippen molar-refractivity contribution in [2.75, 3.05) is 11.9 Å². The summed E-state index contributed by atoms with van der Waals surface area (Å²) in [5, 5.41) is 11.7. The van der Waals surface area contributed by atoms with Gasteiger partial charge in [0.2, 0.25) is 5.82 Å². The third-order valence-electron chi connectivity index (χ3n) is 3.53. The second-order valence-corrected chi connectivity index (χ2v) is 7.08. The van der Waals surface area contributed by atoms with Crippen LogP contribution in [0.4, 0.5) is 10.5 Å². The first-order valence-electron chi connectivity index (χ1n) is 8.06. The fraction of sp³-hybridized carbons (Fsp3) is 0.278. The number of anilines is 1. The van der Waals surface area contributed by atoms with Gasteiger partial charge in [0, 0.05) is 17.8 Å². The maximum atomic E-state index is 11.9. The average Bonchev–Trinajstić information content (AvgIpc) is 3.22. The van der Waals surface area contributed by atoms with E-state index in [1.54, 1.807) is 11.3 Å². The Hall–Kier alpha value is -2.67. The Morgan fingerprint density at radius 1 is 1.32 bits per heavy atom. The van der Waals surface area contributed by atoms with E-state index in [0.717, 1.165) is 16.0 Å². The average molecular weight is 356 g/mol. The highest BCUT2D eigenvalue weighted by molar-refractivity contribution is 7.13. The largest absolute Gasteiger partial charge is 0.338 e. The number of rotatable bonds is 5. The molecule has 2 amide bonds. The molecule has 2 N–H and O–H groups in total. The number of hydrogen-bond donors (Lipinski definition) is 2. The molecule has 0 atom stereocenters. The highest BCUT2D eigenvalue weighted by Gasteiger charge is 2.14. The van der Waals surface area contributed by atoms with Gasteiger partial charge < -0.3 is 15.2 Å². The van der Waals surface area contributed by atoms with E-state index >= 15 is 0 Å². The zero-order valence-corrected chi connectivity index (χ0v) is 15.2. The fourth-order valence-electron chi connectivity index (χ4n) is 2.23. The van der Waals surface area contributed by atoms with Gasteiger partial charge in [0.1, 0.15) is 0 Å². The first-order chi connectivity index (χ1) is 12.0. The molecule has 3 rings (SSSR count). The summed E-state index contributed by atoms with van der Waals surface area (Å²) in [6.45, 7) is 6.73. The van der Waals surface area contributed by atoms with E-state index in [4.69, 9.17) is 4.52 Å². The molecule has 25 heavy (non-hydrogen) atoms. The number of aryl methyl sites for hydroxylation is 1. The molecule has 0 bridgehead atoms. The molecule has 1 aromatic carbocycles. The number of nitrogens with one attached hydrogen (secondary N) is 2. The summed E-state index contributed by atoms with van der Waals surface area (Å²) < 4.78 is 5.38. The minimum absolute atomic E-state index is 0.228. The third-order valence-corrected chi connectivity index (χ3v) is 4.54. The van der Waals surface area contributed by atoms with E-state index in [2.05, 4.69) is 20.8 Å². The standard InChI is InChI=1S/C18H20N4O2S/c1-11(2)10-19-18(23)20-14-6-4-5-13(9-14)16-21-17(24-22-16)15-12(3)7-8-25-15/h4-9,11H,10H2,1-3H3,(H2,19,20,23). The van der Waals surface area contributed by atoms with Crippen LogP contribution in [0.3, 0.4) is 0 Å². The SMILES string of the molecule is Cc1ccsc1-c1nc(-c2cccc(NC(=O)NCC(C)C)c2)no1. The summed E-state index contributed by atoms with van der Waals surface area (Å²) in [6.07, 6.45) is 0. The highest BCUT2D eigenvalue weighted by Crippen LogP contribution is 2.29. The molecule has 6 nitrogen and oxygen atoms in total. The smallest absolute Gasteiger partial charge is 0.319 e. The molecule has 0 aliphatic rings. The maximum Gasteiger partial charge on any atom is 0.319 e. The van der Waals surface area contributed by atoms with Crippen molar-refractivity contribution in [3.05, 3.63) is 41.3 Å². The molecule has 0 fully saturated rings. The monoisotopic (exact) mass is 356 g/mol. The van der Waals surface area contributed by atoms with Crippen molar-refractivity contribution in [1.82, 2.24) is 15.5 Å². The lowest BCUT2D eigenvalue weighted by Gasteiger charge is -2.09. The van der Waals surface area contributed by atoms with Crippen LogP contribution < -0.4 is 10.6 Å². The molecule has 0 saturated heterocycles. The molecule has 0 radical (unpaired) electrons. The normalized spacial score (nSPS) is 10.9. The van der Waals surface area contributed by atoms with E-state index < -0.39 is 0 Å². The number of amides is 2. The molecule has 0 unspecified atom stereocenters. The van der Waals surface area contributed by atoms with Crippen molar-refractivity contribution in [2.45, 2.75) is 20.8 Å². The van der Waals surface area contributed by atoms with Crippen LogP contribution >= 0.6 is 11.3 Å². The van der Waals surface area contributed by atoms with Crippen molar-refractivity contribution in [1.29, 1.82) is 0 Å². The van der Waals surface area contributed by atoms with Crippen LogP contribution in [0.25, 0.3) is 22.2 Å². The first kappa shape index (κ1) is 17.2. The second-order valence-electron chi connectivity index (χ2n) is 6.17. The number of carbonyl (C=O) groups excluding carboxylic acids is 1. The predicted octanol–water partition coefficient (Wildman–Crippen LogP) is 4.55. The zero-order chi connectivity index (χ0) is 17.8. The summed E-state index contributed by atoms with van der Waals surface area (Å²) in [4.78, 5) is 17.3. The molecule has 2 heterocycles. The Balaban J connectivity index is 1.75. The second kappa shape index (κ2) is 7.48. The maximum absolute atomic E-state index is 11.9. The van der Waals surface area contributed by atoms with E-state index in [1.807, 2.05) is 56.5 Å². The van der Waals surface area contributed by atoms with E-state index in [-0.39, 0.29) is 6.03 Å². The first-order valence-corrected chi connectivity index (χ1v) is 8.94. The number of benzene rings is 1. The quantitative estimate of drug-likeness (QED) is 0.703. The molecule has 0 aliphatic heterocycles. The van der Waals surface area contributed by atoms with E-state index in [9.17, 15) is 4.79 Å². The zero-order valence-electron chi connectivity index (χ0n) is 14.4. The number of aromatic nitrogens is 2. The molecule has 2 aromatic heterocycles. The Bertz CT molecular complexity index is 869. The molecule has 0 aliphatic carbocycles. The molecule has 7 heteroatoms. The van der Waals surface area contributed by atoms with Crippen molar-refractivity contribution < 1.29 is 9.32 Å². The molecular formula is C18H20N4O2S. The van der Waals surface area contributed by atoms with Crippen LogP contribution in [0.1, 0.15) is 19.4 Å². The summed E-state index contributed by atoms with van der Waals surface area (Å²) >= 11 is 1.57. The number of urea groups is 1. The van der Waals surface area contributed by atoms with E-state index in [1.165, 1.54) is 0 Å². The summed E-state index contributed by atoms with van der Waals surface area (Å²) in [5.74, 6) is 1.40. The van der Waals surface area contributed by atoms with Crippen LogP contribution in [0, 0.1) is 12.8 Å². The molecule has 130 valence electrons. The van der Waals surface area contributed by atoms with Crippen LogP contribution in [0.2, 0.25) is 0 Å². The topological polar surface area (TPSA) is 80.0 Å². The van der Waals surface area contributed by atoms with Gasteiger partial charge >= 0.3 is 6.03 Å². The van der Waals surface area contributed by atoms with Gasteiger partial charge in [-0.15, -0.1) is 11.3 Å². The van der Waals surface area contributed by atoms with Crippen molar-refractivity contribution in [3.63, 3.8) is 0 Å². The third kappa shape index (κ3) is 4.24. The molecular weight excluding hydrogens is 336 g/mol. The summed E-state index contributed by atoms with van der Waals surface area (Å²) in [7, 11) is 0.